The third kappa shape index (κ3) is 3.75. The number of aromatic nitrogens is 3. The van der Waals surface area contributed by atoms with E-state index in [9.17, 15) is 4.21 Å². The Morgan fingerprint density at radius 2 is 2.00 bits per heavy atom. The van der Waals surface area contributed by atoms with E-state index < -0.39 is 10.8 Å². The van der Waals surface area contributed by atoms with Crippen molar-refractivity contribution in [1.82, 2.24) is 15.0 Å². The van der Waals surface area contributed by atoms with Crippen LogP contribution in [-0.2, 0) is 10.8 Å². The molecule has 1 unspecified atom stereocenters. The lowest BCUT2D eigenvalue weighted by atomic mass is 10.1. The number of nitrogens with zero attached hydrogens (tertiary/aromatic N) is 3. The summed E-state index contributed by atoms with van der Waals surface area (Å²) in [6, 6.07) is 1.85. The van der Waals surface area contributed by atoms with Gasteiger partial charge in [-0.05, 0) is 17.5 Å². The van der Waals surface area contributed by atoms with Gasteiger partial charge in [-0.1, -0.05) is 25.6 Å². The van der Waals surface area contributed by atoms with Crippen LogP contribution in [0.1, 0.15) is 25.3 Å². The lowest BCUT2D eigenvalue weighted by Crippen LogP contribution is -2.02. The highest BCUT2D eigenvalue weighted by molar-refractivity contribution is 7.99. The van der Waals surface area contributed by atoms with E-state index in [4.69, 9.17) is 5.73 Å². The van der Waals surface area contributed by atoms with Crippen LogP contribution in [0.2, 0.25) is 0 Å². The van der Waals surface area contributed by atoms with E-state index in [0.717, 1.165) is 15.4 Å². The molecule has 6 nitrogen and oxygen atoms in total. The third-order valence-corrected chi connectivity index (χ3v) is 4.93. The van der Waals surface area contributed by atoms with Crippen molar-refractivity contribution < 1.29 is 4.21 Å². The molecule has 0 aliphatic rings. The summed E-state index contributed by atoms with van der Waals surface area (Å²) in [5.41, 5.74) is 7.06. The molecule has 8 heteroatoms. The molecule has 118 valence electrons. The van der Waals surface area contributed by atoms with Crippen LogP contribution in [0.4, 0.5) is 11.8 Å². The molecule has 22 heavy (non-hydrogen) atoms. The molecule has 3 N–H and O–H groups in total. The van der Waals surface area contributed by atoms with E-state index in [0.29, 0.717) is 22.7 Å². The van der Waals surface area contributed by atoms with Gasteiger partial charge >= 0.3 is 0 Å². The Kier molecular flexibility index (Phi) is 5.36. The first-order chi connectivity index (χ1) is 10.4. The van der Waals surface area contributed by atoms with Crippen molar-refractivity contribution in [2.75, 3.05) is 24.4 Å². The van der Waals surface area contributed by atoms with Crippen LogP contribution in [0.3, 0.4) is 0 Å². The number of anilines is 2. The molecule has 1 atom stereocenters. The van der Waals surface area contributed by atoms with Crippen molar-refractivity contribution in [1.29, 1.82) is 0 Å². The standard InChI is InChI=1S/C14H19N5OS2/c1-8(2)9-6-17-12(22(4)20)5-10(9)21-11-7-18-14(16-3)19-13(11)15/h5-8H,1-4H3,(H3,15,16,18,19). The zero-order valence-corrected chi connectivity index (χ0v) is 14.6. The first-order valence-corrected chi connectivity index (χ1v) is 9.11. The maximum absolute atomic E-state index is 11.7. The van der Waals surface area contributed by atoms with Crippen LogP contribution in [0.15, 0.2) is 33.3 Å². The number of pyridine rings is 1. The Balaban J connectivity index is 2.42. The quantitative estimate of drug-likeness (QED) is 0.865. The lowest BCUT2D eigenvalue weighted by molar-refractivity contribution is 0.683. The number of hydrogen-bond donors (Lipinski definition) is 2. The summed E-state index contributed by atoms with van der Waals surface area (Å²) in [5.74, 6) is 1.19. The van der Waals surface area contributed by atoms with E-state index in [2.05, 4.69) is 34.1 Å². The fraction of sp³-hybridized carbons (Fsp3) is 0.357. The van der Waals surface area contributed by atoms with Gasteiger partial charge in [0.15, 0.2) is 0 Å². The highest BCUT2D eigenvalue weighted by Crippen LogP contribution is 2.36. The summed E-state index contributed by atoms with van der Waals surface area (Å²) in [4.78, 5) is 14.4. The van der Waals surface area contributed by atoms with E-state index in [1.165, 1.54) is 11.8 Å². The summed E-state index contributed by atoms with van der Waals surface area (Å²) in [6.45, 7) is 4.18. The van der Waals surface area contributed by atoms with Crippen LogP contribution in [0.25, 0.3) is 0 Å². The number of nitrogens with one attached hydrogen (secondary N) is 1. The van der Waals surface area contributed by atoms with Crippen LogP contribution < -0.4 is 11.1 Å². The van der Waals surface area contributed by atoms with Crippen molar-refractivity contribution in [2.45, 2.75) is 34.6 Å². The average molecular weight is 337 g/mol. The number of hydrogen-bond acceptors (Lipinski definition) is 7. The van der Waals surface area contributed by atoms with Crippen LogP contribution in [0, 0.1) is 0 Å². The van der Waals surface area contributed by atoms with Gasteiger partial charge in [0.2, 0.25) is 5.95 Å². The van der Waals surface area contributed by atoms with Gasteiger partial charge < -0.3 is 11.1 Å². The van der Waals surface area contributed by atoms with Gasteiger partial charge in [0.1, 0.15) is 10.8 Å². The first-order valence-electron chi connectivity index (χ1n) is 6.73. The first kappa shape index (κ1) is 16.7. The Bertz CT molecular complexity index is 706. The number of nitrogen functional groups attached to an aromatic ring is 1. The molecule has 0 saturated heterocycles. The maximum atomic E-state index is 11.7. The Labute approximate surface area is 136 Å². The van der Waals surface area contributed by atoms with Gasteiger partial charge in [-0.25, -0.2) is 9.97 Å². The zero-order valence-electron chi connectivity index (χ0n) is 13.0. The van der Waals surface area contributed by atoms with Crippen molar-refractivity contribution in [2.24, 2.45) is 0 Å². The molecular formula is C14H19N5OS2. The van der Waals surface area contributed by atoms with Crippen molar-refractivity contribution >= 4 is 34.3 Å². The average Bonchev–Trinajstić information content (AvgIpc) is 2.48. The van der Waals surface area contributed by atoms with Crippen molar-refractivity contribution in [3.8, 4) is 0 Å². The smallest absolute Gasteiger partial charge is 0.224 e. The molecule has 0 bridgehead atoms. The molecule has 2 rings (SSSR count). The molecule has 0 aromatic carbocycles. The van der Waals surface area contributed by atoms with Gasteiger partial charge in [-0.3, -0.25) is 4.21 Å². The minimum absolute atomic E-state index is 0.299. The summed E-state index contributed by atoms with van der Waals surface area (Å²) in [6.07, 6.45) is 5.08. The number of nitrogens with two attached hydrogens (primary N) is 1. The van der Waals surface area contributed by atoms with Crippen LogP contribution in [0.5, 0.6) is 0 Å². The van der Waals surface area contributed by atoms with Crippen LogP contribution >= 0.6 is 11.8 Å². The summed E-state index contributed by atoms with van der Waals surface area (Å²) >= 11 is 1.47. The van der Waals surface area contributed by atoms with E-state index in [1.54, 1.807) is 25.7 Å². The monoisotopic (exact) mass is 337 g/mol. The Hall–Kier alpha value is -1.67. The molecule has 0 saturated carbocycles. The fourth-order valence-electron chi connectivity index (χ4n) is 1.81. The second-order valence-electron chi connectivity index (χ2n) is 4.96. The summed E-state index contributed by atoms with van der Waals surface area (Å²) in [7, 11) is 0.614. The molecular weight excluding hydrogens is 318 g/mol. The van der Waals surface area contributed by atoms with Gasteiger partial charge in [0.25, 0.3) is 0 Å². The van der Waals surface area contributed by atoms with Gasteiger partial charge in [0.05, 0.1) is 15.7 Å². The zero-order chi connectivity index (χ0) is 16.3. The molecule has 0 radical (unpaired) electrons. The molecule has 0 spiro atoms. The predicted octanol–water partition coefficient (Wildman–Crippen LogP) is 2.51. The Morgan fingerprint density at radius 3 is 2.55 bits per heavy atom. The van der Waals surface area contributed by atoms with Gasteiger partial charge in [-0.2, -0.15) is 4.98 Å². The molecule has 0 aliphatic carbocycles. The summed E-state index contributed by atoms with van der Waals surface area (Å²) in [5, 5.41) is 3.40. The highest BCUT2D eigenvalue weighted by Gasteiger charge is 2.14. The van der Waals surface area contributed by atoms with Gasteiger partial charge in [-0.15, -0.1) is 0 Å². The van der Waals surface area contributed by atoms with Crippen molar-refractivity contribution in [3.63, 3.8) is 0 Å². The summed E-state index contributed by atoms with van der Waals surface area (Å²) < 4.78 is 11.7. The van der Waals surface area contributed by atoms with E-state index in [-0.39, 0.29) is 0 Å². The van der Waals surface area contributed by atoms with Crippen molar-refractivity contribution in [3.05, 3.63) is 24.0 Å². The van der Waals surface area contributed by atoms with E-state index in [1.807, 2.05) is 6.07 Å². The maximum Gasteiger partial charge on any atom is 0.224 e. The lowest BCUT2D eigenvalue weighted by Gasteiger charge is -2.13. The number of rotatable bonds is 5. The molecule has 2 aromatic rings. The minimum atomic E-state index is -1.13. The Morgan fingerprint density at radius 1 is 1.27 bits per heavy atom. The molecule has 0 aliphatic heterocycles. The topological polar surface area (TPSA) is 93.8 Å². The van der Waals surface area contributed by atoms with Crippen LogP contribution in [-0.4, -0.2) is 32.5 Å². The molecule has 2 aromatic heterocycles. The SMILES string of the molecule is CNc1ncc(Sc2cc(S(C)=O)ncc2C(C)C)c(N)n1. The minimum Gasteiger partial charge on any atom is -0.383 e. The second-order valence-corrected chi connectivity index (χ2v) is 7.37. The predicted molar refractivity (Wildman–Crippen MR) is 90.8 cm³/mol. The normalized spacial score (nSPS) is 12.4. The fourth-order valence-corrected chi connectivity index (χ4v) is 3.44. The molecule has 0 fully saturated rings. The molecule has 0 amide bonds. The third-order valence-electron chi connectivity index (χ3n) is 3.01. The largest absolute Gasteiger partial charge is 0.383 e. The highest BCUT2D eigenvalue weighted by atomic mass is 32.2. The van der Waals surface area contributed by atoms with Gasteiger partial charge in [0, 0.05) is 30.6 Å². The molecule has 2 heterocycles. The second kappa shape index (κ2) is 7.06. The van der Waals surface area contributed by atoms with E-state index >= 15 is 0 Å².